The molecule has 1 saturated carbocycles. The van der Waals surface area contributed by atoms with E-state index in [1.165, 1.54) is 42.0 Å². The van der Waals surface area contributed by atoms with E-state index in [1.54, 1.807) is 0 Å². The lowest BCUT2D eigenvalue weighted by atomic mass is 9.99. The molecule has 19 heavy (non-hydrogen) atoms. The van der Waals surface area contributed by atoms with Crippen molar-refractivity contribution < 1.29 is 0 Å². The molecular weight excluding hydrogens is 230 g/mol. The first-order chi connectivity index (χ1) is 9.36. The maximum Gasteiger partial charge on any atom is 0.00983 e. The first-order valence-electron chi connectivity index (χ1n) is 7.58. The van der Waals surface area contributed by atoms with Crippen LogP contribution in [-0.4, -0.2) is 12.6 Å². The van der Waals surface area contributed by atoms with Crippen LogP contribution in [0.5, 0.6) is 0 Å². The van der Waals surface area contributed by atoms with Crippen molar-refractivity contribution in [3.8, 4) is 0 Å². The molecule has 1 nitrogen and oxygen atoms in total. The van der Waals surface area contributed by atoms with Crippen LogP contribution in [0.1, 0.15) is 31.7 Å². The molecule has 1 aliphatic rings. The molecule has 0 amide bonds. The number of hydrogen-bond donors (Lipinski definition) is 1. The molecule has 1 atom stereocenters. The summed E-state index contributed by atoms with van der Waals surface area (Å²) in [5, 5.41) is 6.36. The van der Waals surface area contributed by atoms with Crippen LogP contribution in [0.4, 0.5) is 0 Å². The third-order valence-corrected chi connectivity index (χ3v) is 4.22. The Kier molecular flexibility index (Phi) is 3.84. The molecule has 2 aromatic rings. The fourth-order valence-corrected chi connectivity index (χ4v) is 2.98. The van der Waals surface area contributed by atoms with E-state index in [1.807, 2.05) is 0 Å². The summed E-state index contributed by atoms with van der Waals surface area (Å²) in [6.45, 7) is 3.31. The van der Waals surface area contributed by atoms with E-state index in [9.17, 15) is 0 Å². The van der Waals surface area contributed by atoms with E-state index in [2.05, 4.69) is 54.7 Å². The molecule has 0 radical (unpaired) electrons. The zero-order valence-electron chi connectivity index (χ0n) is 11.7. The lowest BCUT2D eigenvalue weighted by Gasteiger charge is -2.17. The van der Waals surface area contributed by atoms with Gasteiger partial charge in [-0.2, -0.15) is 0 Å². The zero-order valence-corrected chi connectivity index (χ0v) is 11.7. The van der Waals surface area contributed by atoms with E-state index in [4.69, 9.17) is 0 Å². The van der Waals surface area contributed by atoms with Gasteiger partial charge < -0.3 is 5.32 Å². The number of benzene rings is 2. The van der Waals surface area contributed by atoms with Gasteiger partial charge in [0.25, 0.3) is 0 Å². The number of fused-ring (bicyclic) bond motifs is 1. The Bertz CT molecular complexity index is 542. The third kappa shape index (κ3) is 3.16. The second-order valence-corrected chi connectivity index (χ2v) is 5.72. The normalized spacial score (nSPS) is 16.7. The first kappa shape index (κ1) is 12.7. The third-order valence-electron chi connectivity index (χ3n) is 4.22. The monoisotopic (exact) mass is 253 g/mol. The summed E-state index contributed by atoms with van der Waals surface area (Å²) >= 11 is 0. The molecule has 1 unspecified atom stereocenters. The molecule has 0 aromatic heterocycles. The van der Waals surface area contributed by atoms with Crippen molar-refractivity contribution in [3.05, 3.63) is 48.0 Å². The Labute approximate surface area is 116 Å². The number of nitrogens with one attached hydrogen (secondary N) is 1. The van der Waals surface area contributed by atoms with E-state index in [0.29, 0.717) is 0 Å². The van der Waals surface area contributed by atoms with Crippen molar-refractivity contribution in [3.63, 3.8) is 0 Å². The Morgan fingerprint density at radius 1 is 1.11 bits per heavy atom. The van der Waals surface area contributed by atoms with Gasteiger partial charge in [0.05, 0.1) is 0 Å². The second kappa shape index (κ2) is 5.75. The topological polar surface area (TPSA) is 12.0 Å². The summed E-state index contributed by atoms with van der Waals surface area (Å²) in [6.07, 6.45) is 5.32. The lowest BCUT2D eigenvalue weighted by molar-refractivity contribution is 0.446. The molecule has 1 N–H and O–H groups in total. The minimum Gasteiger partial charge on any atom is -0.314 e. The van der Waals surface area contributed by atoms with Crippen molar-refractivity contribution >= 4 is 10.8 Å². The van der Waals surface area contributed by atoms with Crippen LogP contribution in [0, 0.1) is 5.92 Å². The van der Waals surface area contributed by atoms with Gasteiger partial charge in [-0.25, -0.2) is 0 Å². The zero-order chi connectivity index (χ0) is 13.1. The highest BCUT2D eigenvalue weighted by Gasteiger charge is 2.29. The molecule has 1 heteroatoms. The van der Waals surface area contributed by atoms with Gasteiger partial charge in [-0.1, -0.05) is 49.4 Å². The highest BCUT2D eigenvalue weighted by molar-refractivity contribution is 5.82. The van der Waals surface area contributed by atoms with Gasteiger partial charge in [0.1, 0.15) is 0 Å². The van der Waals surface area contributed by atoms with Crippen molar-refractivity contribution in [1.82, 2.24) is 5.32 Å². The van der Waals surface area contributed by atoms with Crippen LogP contribution >= 0.6 is 0 Å². The summed E-state index contributed by atoms with van der Waals surface area (Å²) in [4.78, 5) is 0. The highest BCUT2D eigenvalue weighted by atomic mass is 14.9. The Morgan fingerprint density at radius 3 is 2.63 bits per heavy atom. The summed E-state index contributed by atoms with van der Waals surface area (Å²) < 4.78 is 0. The second-order valence-electron chi connectivity index (χ2n) is 5.72. The Hall–Kier alpha value is -1.34. The molecule has 3 rings (SSSR count). The van der Waals surface area contributed by atoms with Gasteiger partial charge in [-0.15, -0.1) is 0 Å². The van der Waals surface area contributed by atoms with E-state index < -0.39 is 0 Å². The van der Waals surface area contributed by atoms with Crippen molar-refractivity contribution in [1.29, 1.82) is 0 Å². The molecular formula is C18H23N. The fourth-order valence-electron chi connectivity index (χ4n) is 2.98. The van der Waals surface area contributed by atoms with Gasteiger partial charge in [0.15, 0.2) is 0 Å². The van der Waals surface area contributed by atoms with Crippen LogP contribution in [0.3, 0.4) is 0 Å². The minimum atomic E-state index is 0.733. The van der Waals surface area contributed by atoms with Crippen LogP contribution in [0.15, 0.2) is 42.5 Å². The molecule has 0 heterocycles. The molecule has 1 fully saturated rings. The average Bonchev–Trinajstić information content (AvgIpc) is 3.28. The van der Waals surface area contributed by atoms with E-state index in [-0.39, 0.29) is 0 Å². The number of hydrogen-bond acceptors (Lipinski definition) is 1. The quantitative estimate of drug-likeness (QED) is 0.815. The smallest absolute Gasteiger partial charge is 0.00983 e. The van der Waals surface area contributed by atoms with Crippen LogP contribution < -0.4 is 5.32 Å². The standard InChI is InChI=1S/C18H23N/c1-2-19-18(16-10-11-16)12-8-14-7-9-15-5-3-4-6-17(15)13-14/h3-7,9,13,16,18-19H,2,8,10-12H2,1H3. The molecule has 0 bridgehead atoms. The molecule has 1 aliphatic carbocycles. The summed E-state index contributed by atoms with van der Waals surface area (Å²) in [6, 6.07) is 16.3. The molecule has 0 aliphatic heterocycles. The lowest BCUT2D eigenvalue weighted by Crippen LogP contribution is -2.31. The fraction of sp³-hybridized carbons (Fsp3) is 0.444. The highest BCUT2D eigenvalue weighted by Crippen LogP contribution is 2.34. The van der Waals surface area contributed by atoms with Crippen molar-refractivity contribution in [2.45, 2.75) is 38.6 Å². The van der Waals surface area contributed by atoms with Gasteiger partial charge >= 0.3 is 0 Å². The first-order valence-corrected chi connectivity index (χ1v) is 7.58. The molecule has 100 valence electrons. The van der Waals surface area contributed by atoms with Gasteiger partial charge in [-0.05, 0) is 54.5 Å². The van der Waals surface area contributed by atoms with Crippen LogP contribution in [0.25, 0.3) is 10.8 Å². The average molecular weight is 253 g/mol. The number of aryl methyl sites for hydroxylation is 1. The minimum absolute atomic E-state index is 0.733. The van der Waals surface area contributed by atoms with Gasteiger partial charge in [0.2, 0.25) is 0 Å². The van der Waals surface area contributed by atoms with E-state index >= 15 is 0 Å². The largest absolute Gasteiger partial charge is 0.314 e. The van der Waals surface area contributed by atoms with Crippen molar-refractivity contribution in [2.75, 3.05) is 6.54 Å². The van der Waals surface area contributed by atoms with Crippen molar-refractivity contribution in [2.24, 2.45) is 5.92 Å². The Balaban J connectivity index is 1.67. The summed E-state index contributed by atoms with van der Waals surface area (Å²) in [5.41, 5.74) is 1.47. The van der Waals surface area contributed by atoms with Gasteiger partial charge in [-0.3, -0.25) is 0 Å². The summed E-state index contributed by atoms with van der Waals surface area (Å²) in [7, 11) is 0. The summed E-state index contributed by atoms with van der Waals surface area (Å²) in [5.74, 6) is 0.945. The SMILES string of the molecule is CCNC(CCc1ccc2ccccc2c1)C1CC1. The maximum atomic E-state index is 3.65. The molecule has 2 aromatic carbocycles. The van der Waals surface area contributed by atoms with E-state index in [0.717, 1.165) is 18.5 Å². The predicted molar refractivity (Wildman–Crippen MR) is 82.5 cm³/mol. The van der Waals surface area contributed by atoms with Crippen LogP contribution in [0.2, 0.25) is 0 Å². The Morgan fingerprint density at radius 2 is 1.89 bits per heavy atom. The van der Waals surface area contributed by atoms with Crippen LogP contribution in [-0.2, 0) is 6.42 Å². The molecule has 0 spiro atoms. The molecule has 0 saturated heterocycles. The maximum absolute atomic E-state index is 3.65. The predicted octanol–water partition coefficient (Wildman–Crippen LogP) is 4.16. The van der Waals surface area contributed by atoms with Gasteiger partial charge in [0, 0.05) is 6.04 Å². The number of rotatable bonds is 6.